The van der Waals surface area contributed by atoms with Crippen molar-refractivity contribution in [2.24, 2.45) is 5.41 Å². The van der Waals surface area contributed by atoms with Gasteiger partial charge in [0.1, 0.15) is 6.29 Å². The Morgan fingerprint density at radius 3 is 2.33 bits per heavy atom. The molecule has 0 aromatic rings. The van der Waals surface area contributed by atoms with E-state index in [-0.39, 0.29) is 18.4 Å². The van der Waals surface area contributed by atoms with Crippen LogP contribution in [0.15, 0.2) is 0 Å². The molecule has 86 valence electrons. The molecule has 2 fully saturated rings. The van der Waals surface area contributed by atoms with Gasteiger partial charge in [0.05, 0.1) is 6.54 Å². The molecule has 15 heavy (non-hydrogen) atoms. The summed E-state index contributed by atoms with van der Waals surface area (Å²) in [5.74, 6) is -2.54. The summed E-state index contributed by atoms with van der Waals surface area (Å²) in [5.41, 5.74) is -0.319. The van der Waals surface area contributed by atoms with E-state index in [4.69, 9.17) is 0 Å². The zero-order chi connectivity index (χ0) is 10.9. The lowest BCUT2D eigenvalue weighted by atomic mass is 9.87. The minimum Gasteiger partial charge on any atom is -0.303 e. The number of hydrogen-bond donors (Lipinski definition) is 0. The molecular weight excluding hydrogens is 200 g/mol. The van der Waals surface area contributed by atoms with Crippen molar-refractivity contribution in [3.63, 3.8) is 0 Å². The van der Waals surface area contributed by atoms with E-state index in [9.17, 15) is 13.6 Å². The Morgan fingerprint density at radius 2 is 1.87 bits per heavy atom. The van der Waals surface area contributed by atoms with Crippen molar-refractivity contribution in [1.29, 1.82) is 0 Å². The lowest BCUT2D eigenvalue weighted by molar-refractivity contribution is -0.117. The van der Waals surface area contributed by atoms with E-state index in [0.717, 1.165) is 32.0 Å². The Kier molecular flexibility index (Phi) is 2.79. The minimum absolute atomic E-state index is 0.0536. The molecule has 1 aliphatic carbocycles. The largest absolute Gasteiger partial charge is 0.303 e. The summed E-state index contributed by atoms with van der Waals surface area (Å²) in [6, 6.07) is 0. The third-order valence-electron chi connectivity index (χ3n) is 3.64. The fourth-order valence-corrected chi connectivity index (χ4v) is 2.78. The molecule has 1 aliphatic heterocycles. The summed E-state index contributed by atoms with van der Waals surface area (Å²) in [6.07, 6.45) is 4.81. The molecule has 0 unspecified atom stereocenters. The number of nitrogens with zero attached hydrogens (tertiary/aromatic N) is 1. The molecule has 0 aromatic heterocycles. The highest BCUT2D eigenvalue weighted by Crippen LogP contribution is 2.38. The number of halogens is 2. The van der Waals surface area contributed by atoms with Crippen molar-refractivity contribution in [1.82, 2.24) is 4.90 Å². The Hall–Kier alpha value is -0.510. The van der Waals surface area contributed by atoms with E-state index in [2.05, 4.69) is 0 Å². The van der Waals surface area contributed by atoms with Gasteiger partial charge in [-0.1, -0.05) is 12.8 Å². The van der Waals surface area contributed by atoms with Gasteiger partial charge in [0, 0.05) is 24.9 Å². The standard InChI is InChI=1S/C11H17F2NO/c12-11(13)5-6-14(8-11)7-10(9-15)3-1-2-4-10/h9H,1-8H2. The molecule has 0 atom stereocenters. The summed E-state index contributed by atoms with van der Waals surface area (Å²) in [7, 11) is 0. The topological polar surface area (TPSA) is 20.3 Å². The Balaban J connectivity index is 1.94. The summed E-state index contributed by atoms with van der Waals surface area (Å²) in [6.45, 7) is 0.803. The number of carbonyl (C=O) groups is 1. The molecule has 2 nitrogen and oxygen atoms in total. The molecule has 0 aromatic carbocycles. The molecule has 4 heteroatoms. The van der Waals surface area contributed by atoms with Crippen molar-refractivity contribution in [3.05, 3.63) is 0 Å². The van der Waals surface area contributed by atoms with Gasteiger partial charge in [-0.3, -0.25) is 4.90 Å². The second-order valence-electron chi connectivity index (χ2n) is 5.00. The van der Waals surface area contributed by atoms with Crippen LogP contribution in [-0.2, 0) is 4.79 Å². The molecule has 0 radical (unpaired) electrons. The first-order valence-corrected chi connectivity index (χ1v) is 5.62. The lowest BCUT2D eigenvalue weighted by Gasteiger charge is -2.27. The zero-order valence-corrected chi connectivity index (χ0v) is 8.85. The predicted octanol–water partition coefficient (Wildman–Crippen LogP) is 2.09. The maximum Gasteiger partial charge on any atom is 0.261 e. The minimum atomic E-state index is -2.54. The van der Waals surface area contributed by atoms with Gasteiger partial charge in [-0.05, 0) is 12.8 Å². The molecule has 0 N–H and O–H groups in total. The number of likely N-dealkylation sites (tertiary alicyclic amines) is 1. The summed E-state index contributed by atoms with van der Waals surface area (Å²) in [5, 5.41) is 0. The monoisotopic (exact) mass is 217 g/mol. The van der Waals surface area contributed by atoms with Crippen LogP contribution in [0.3, 0.4) is 0 Å². The van der Waals surface area contributed by atoms with E-state index in [1.807, 2.05) is 0 Å². The van der Waals surface area contributed by atoms with Crippen molar-refractivity contribution in [2.75, 3.05) is 19.6 Å². The average molecular weight is 217 g/mol. The van der Waals surface area contributed by atoms with Crippen molar-refractivity contribution >= 4 is 6.29 Å². The van der Waals surface area contributed by atoms with Crippen LogP contribution in [0.5, 0.6) is 0 Å². The second kappa shape index (κ2) is 3.81. The highest BCUT2D eigenvalue weighted by molar-refractivity contribution is 5.60. The number of rotatable bonds is 3. The number of aldehydes is 1. The second-order valence-corrected chi connectivity index (χ2v) is 5.00. The maximum atomic E-state index is 13.0. The zero-order valence-electron chi connectivity index (χ0n) is 8.85. The van der Waals surface area contributed by atoms with Gasteiger partial charge in [0.15, 0.2) is 0 Å². The smallest absolute Gasteiger partial charge is 0.261 e. The first kappa shape index (κ1) is 11.0. The first-order valence-electron chi connectivity index (χ1n) is 5.62. The summed E-state index contributed by atoms with van der Waals surface area (Å²) in [4.78, 5) is 12.8. The Labute approximate surface area is 88.6 Å². The number of hydrogen-bond acceptors (Lipinski definition) is 2. The van der Waals surface area contributed by atoms with Gasteiger partial charge in [-0.2, -0.15) is 0 Å². The van der Waals surface area contributed by atoms with Gasteiger partial charge in [-0.25, -0.2) is 8.78 Å². The lowest BCUT2D eigenvalue weighted by Crippen LogP contribution is -2.37. The van der Waals surface area contributed by atoms with Crippen LogP contribution in [-0.4, -0.2) is 36.7 Å². The highest BCUT2D eigenvalue weighted by Gasteiger charge is 2.42. The van der Waals surface area contributed by atoms with Crippen LogP contribution < -0.4 is 0 Å². The fourth-order valence-electron chi connectivity index (χ4n) is 2.78. The van der Waals surface area contributed by atoms with Crippen molar-refractivity contribution < 1.29 is 13.6 Å². The van der Waals surface area contributed by atoms with Crippen molar-refractivity contribution in [2.45, 2.75) is 38.0 Å². The van der Waals surface area contributed by atoms with E-state index in [1.165, 1.54) is 0 Å². The molecule has 1 heterocycles. The normalized spacial score (nSPS) is 29.5. The van der Waals surface area contributed by atoms with E-state index >= 15 is 0 Å². The third kappa shape index (κ3) is 2.36. The predicted molar refractivity (Wildman–Crippen MR) is 53.0 cm³/mol. The number of alkyl halides is 2. The molecule has 0 amide bonds. The van der Waals surface area contributed by atoms with Crippen LogP contribution in [0, 0.1) is 5.41 Å². The fraction of sp³-hybridized carbons (Fsp3) is 0.909. The van der Waals surface area contributed by atoms with E-state index < -0.39 is 5.92 Å². The van der Waals surface area contributed by atoms with Gasteiger partial charge >= 0.3 is 0 Å². The highest BCUT2D eigenvalue weighted by atomic mass is 19.3. The van der Waals surface area contributed by atoms with Crippen molar-refractivity contribution in [3.8, 4) is 0 Å². The van der Waals surface area contributed by atoms with Gasteiger partial charge < -0.3 is 4.79 Å². The average Bonchev–Trinajstić information content (AvgIpc) is 2.75. The first-order chi connectivity index (χ1) is 7.05. The van der Waals surface area contributed by atoms with Gasteiger partial charge in [-0.15, -0.1) is 0 Å². The summed E-state index contributed by atoms with van der Waals surface area (Å²) >= 11 is 0. The van der Waals surface area contributed by atoms with Crippen LogP contribution in [0.1, 0.15) is 32.1 Å². The van der Waals surface area contributed by atoms with Gasteiger partial charge in [0.25, 0.3) is 5.92 Å². The van der Waals surface area contributed by atoms with Gasteiger partial charge in [0.2, 0.25) is 0 Å². The molecule has 1 saturated heterocycles. The quantitative estimate of drug-likeness (QED) is 0.675. The SMILES string of the molecule is O=CC1(CN2CCC(F)(F)C2)CCCC1. The van der Waals surface area contributed by atoms with E-state index in [1.54, 1.807) is 4.90 Å². The number of carbonyl (C=O) groups excluding carboxylic acids is 1. The molecule has 1 saturated carbocycles. The molecule has 2 rings (SSSR count). The molecular formula is C11H17F2NO. The van der Waals surface area contributed by atoms with Crippen LogP contribution >= 0.6 is 0 Å². The Morgan fingerprint density at radius 1 is 1.20 bits per heavy atom. The van der Waals surface area contributed by atoms with Crippen LogP contribution in [0.25, 0.3) is 0 Å². The van der Waals surface area contributed by atoms with E-state index in [0.29, 0.717) is 13.1 Å². The van der Waals surface area contributed by atoms with Crippen LogP contribution in [0.2, 0.25) is 0 Å². The Bertz CT molecular complexity index is 249. The molecule has 0 spiro atoms. The molecule has 0 bridgehead atoms. The summed E-state index contributed by atoms with van der Waals surface area (Å²) < 4.78 is 25.9. The van der Waals surface area contributed by atoms with Crippen LogP contribution in [0.4, 0.5) is 8.78 Å². The maximum absolute atomic E-state index is 13.0. The third-order valence-corrected chi connectivity index (χ3v) is 3.64. The molecule has 2 aliphatic rings.